The molecule has 1 rings (SSSR count). The van der Waals surface area contributed by atoms with E-state index in [4.69, 9.17) is 5.73 Å². The summed E-state index contributed by atoms with van der Waals surface area (Å²) in [5.41, 5.74) is 4.80. The van der Waals surface area contributed by atoms with Gasteiger partial charge in [0.2, 0.25) is 0 Å². The summed E-state index contributed by atoms with van der Waals surface area (Å²) in [6.07, 6.45) is -3.28. The maximum Gasteiger partial charge on any atom is 0.410 e. The van der Waals surface area contributed by atoms with E-state index in [2.05, 4.69) is 4.42 Å². The second-order valence-corrected chi connectivity index (χ2v) is 2.03. The highest BCUT2D eigenvalue weighted by atomic mass is 19.4. The summed E-state index contributed by atoms with van der Waals surface area (Å²) in [7, 11) is 0. The van der Waals surface area contributed by atoms with Gasteiger partial charge in [0, 0.05) is 0 Å². The van der Waals surface area contributed by atoms with Gasteiger partial charge in [-0.25, -0.2) is 0 Å². The van der Waals surface area contributed by atoms with Crippen LogP contribution in [-0.4, -0.2) is 6.18 Å². The van der Waals surface area contributed by atoms with Crippen LogP contribution in [0.2, 0.25) is 0 Å². The number of hydrogen-bond donors (Lipinski definition) is 1. The zero-order valence-electron chi connectivity index (χ0n) is 5.43. The lowest BCUT2D eigenvalue weighted by Crippen LogP contribution is -2.27. The Balaban J connectivity index is 2.78. The molecule has 0 amide bonds. The largest absolute Gasteiger partial charge is 0.467 e. The van der Waals surface area contributed by atoms with Crippen molar-refractivity contribution in [1.29, 1.82) is 0 Å². The van der Waals surface area contributed by atoms with Crippen molar-refractivity contribution in [3.63, 3.8) is 0 Å². The van der Waals surface area contributed by atoms with Gasteiger partial charge in [-0.3, -0.25) is 0 Å². The maximum absolute atomic E-state index is 11.8. The van der Waals surface area contributed by atoms with Crippen molar-refractivity contribution >= 4 is 0 Å². The Bertz CT molecular complexity index is 216. The third-order valence-corrected chi connectivity index (χ3v) is 1.20. The predicted octanol–water partition coefficient (Wildman–Crippen LogP) is 1.84. The minimum absolute atomic E-state index is 0.266. The quantitative estimate of drug-likeness (QED) is 0.689. The molecule has 0 spiro atoms. The molecule has 2 nitrogen and oxygen atoms in total. The van der Waals surface area contributed by atoms with Gasteiger partial charge in [-0.05, 0) is 12.1 Å². The molecule has 5 heteroatoms. The molecule has 0 aromatic carbocycles. The first-order valence-corrected chi connectivity index (χ1v) is 2.87. The number of halogens is 3. The monoisotopic (exact) mass is 165 g/mol. The minimum Gasteiger partial charge on any atom is -0.467 e. The Morgan fingerprint density at radius 3 is 2.45 bits per heavy atom. The van der Waals surface area contributed by atoms with Gasteiger partial charge in [0.05, 0.1) is 6.26 Å². The molecule has 0 aliphatic heterocycles. The lowest BCUT2D eigenvalue weighted by molar-refractivity contribution is -0.152. The Kier molecular flexibility index (Phi) is 1.90. The van der Waals surface area contributed by atoms with Crippen LogP contribution in [0.4, 0.5) is 13.2 Å². The van der Waals surface area contributed by atoms with Crippen molar-refractivity contribution in [1.82, 2.24) is 0 Å². The first-order valence-electron chi connectivity index (χ1n) is 2.87. The second-order valence-electron chi connectivity index (χ2n) is 2.03. The van der Waals surface area contributed by atoms with E-state index in [1.54, 1.807) is 0 Å². The summed E-state index contributed by atoms with van der Waals surface area (Å²) in [6.45, 7) is 0. The van der Waals surface area contributed by atoms with Crippen molar-refractivity contribution in [2.24, 2.45) is 5.73 Å². The predicted molar refractivity (Wildman–Crippen MR) is 31.7 cm³/mol. The summed E-state index contributed by atoms with van der Waals surface area (Å²) >= 11 is 0. The van der Waals surface area contributed by atoms with Crippen molar-refractivity contribution in [3.05, 3.63) is 24.2 Å². The lowest BCUT2D eigenvalue weighted by atomic mass is 10.2. The molecule has 1 atom stereocenters. The molecule has 1 aromatic heterocycles. The van der Waals surface area contributed by atoms with E-state index in [1.165, 1.54) is 12.1 Å². The van der Waals surface area contributed by atoms with Gasteiger partial charge < -0.3 is 10.2 Å². The number of rotatable bonds is 1. The van der Waals surface area contributed by atoms with Crippen molar-refractivity contribution in [3.8, 4) is 0 Å². The smallest absolute Gasteiger partial charge is 0.410 e. The first kappa shape index (κ1) is 8.13. The first-order chi connectivity index (χ1) is 5.02. The van der Waals surface area contributed by atoms with Crippen molar-refractivity contribution in [2.45, 2.75) is 12.2 Å². The summed E-state index contributed by atoms with van der Waals surface area (Å²) in [4.78, 5) is 0. The van der Waals surface area contributed by atoms with E-state index < -0.39 is 12.2 Å². The van der Waals surface area contributed by atoms with E-state index in [-0.39, 0.29) is 5.76 Å². The maximum atomic E-state index is 11.8. The normalized spacial score (nSPS) is 14.9. The summed E-state index contributed by atoms with van der Waals surface area (Å²) in [5, 5.41) is 0. The van der Waals surface area contributed by atoms with Crippen LogP contribution in [0.25, 0.3) is 0 Å². The van der Waals surface area contributed by atoms with E-state index >= 15 is 0 Å². The SMILES string of the molecule is N[C@H](c1ccco1)C(F)(F)F. The Hall–Kier alpha value is -0.970. The van der Waals surface area contributed by atoms with Gasteiger partial charge in [0.25, 0.3) is 0 Å². The molecule has 0 fully saturated rings. The molecule has 1 heterocycles. The summed E-state index contributed by atoms with van der Waals surface area (Å²) in [6, 6.07) is 0.538. The van der Waals surface area contributed by atoms with Gasteiger partial charge in [-0.1, -0.05) is 0 Å². The van der Waals surface area contributed by atoms with Gasteiger partial charge in [0.15, 0.2) is 6.04 Å². The highest BCUT2D eigenvalue weighted by Gasteiger charge is 2.39. The summed E-state index contributed by atoms with van der Waals surface area (Å²) < 4.78 is 40.0. The van der Waals surface area contributed by atoms with Crippen LogP contribution in [0.5, 0.6) is 0 Å². The Morgan fingerprint density at radius 1 is 1.45 bits per heavy atom. The molecule has 0 radical (unpaired) electrons. The summed E-state index contributed by atoms with van der Waals surface area (Å²) in [5.74, 6) is -0.266. The molecule has 11 heavy (non-hydrogen) atoms. The Morgan fingerprint density at radius 2 is 2.09 bits per heavy atom. The molecule has 0 aliphatic rings. The number of hydrogen-bond acceptors (Lipinski definition) is 2. The average molecular weight is 165 g/mol. The molecule has 0 aliphatic carbocycles. The highest BCUT2D eigenvalue weighted by Crippen LogP contribution is 2.30. The molecular formula is C6H6F3NO. The van der Waals surface area contributed by atoms with Crippen LogP contribution in [0, 0.1) is 0 Å². The lowest BCUT2D eigenvalue weighted by Gasteiger charge is -2.11. The molecule has 0 saturated heterocycles. The van der Waals surface area contributed by atoms with Crippen LogP contribution in [0.15, 0.2) is 22.8 Å². The molecular weight excluding hydrogens is 159 g/mol. The van der Waals surface area contributed by atoms with E-state index in [0.29, 0.717) is 0 Å². The molecule has 0 unspecified atom stereocenters. The van der Waals surface area contributed by atoms with Gasteiger partial charge >= 0.3 is 6.18 Å². The fourth-order valence-corrected chi connectivity index (χ4v) is 0.630. The van der Waals surface area contributed by atoms with Crippen LogP contribution in [0.3, 0.4) is 0 Å². The van der Waals surface area contributed by atoms with E-state index in [1.807, 2.05) is 0 Å². The van der Waals surface area contributed by atoms with Crippen LogP contribution >= 0.6 is 0 Å². The standard InChI is InChI=1S/C6H6F3NO/c7-6(8,9)5(10)4-2-1-3-11-4/h1-3,5H,10H2/t5-/m1/s1. The molecule has 62 valence electrons. The van der Waals surface area contributed by atoms with Crippen LogP contribution < -0.4 is 5.73 Å². The van der Waals surface area contributed by atoms with Crippen LogP contribution in [-0.2, 0) is 0 Å². The van der Waals surface area contributed by atoms with Gasteiger partial charge in [0.1, 0.15) is 5.76 Å². The van der Waals surface area contributed by atoms with Crippen LogP contribution in [0.1, 0.15) is 11.8 Å². The van der Waals surface area contributed by atoms with E-state index in [0.717, 1.165) is 6.26 Å². The molecule has 1 aromatic rings. The third kappa shape index (κ3) is 1.74. The number of alkyl halides is 3. The number of furan rings is 1. The highest BCUT2D eigenvalue weighted by molar-refractivity contribution is 5.05. The Labute approximate surface area is 60.8 Å². The fraction of sp³-hybridized carbons (Fsp3) is 0.333. The molecule has 0 saturated carbocycles. The third-order valence-electron chi connectivity index (χ3n) is 1.20. The minimum atomic E-state index is -4.43. The molecule has 0 bridgehead atoms. The second kappa shape index (κ2) is 2.58. The average Bonchev–Trinajstić information content (AvgIpc) is 2.34. The van der Waals surface area contributed by atoms with Gasteiger partial charge in [-0.2, -0.15) is 13.2 Å². The van der Waals surface area contributed by atoms with Crippen molar-refractivity contribution < 1.29 is 17.6 Å². The van der Waals surface area contributed by atoms with Gasteiger partial charge in [-0.15, -0.1) is 0 Å². The van der Waals surface area contributed by atoms with E-state index in [9.17, 15) is 13.2 Å². The topological polar surface area (TPSA) is 39.2 Å². The fourth-order valence-electron chi connectivity index (χ4n) is 0.630. The number of nitrogens with two attached hydrogens (primary N) is 1. The van der Waals surface area contributed by atoms with Crippen molar-refractivity contribution in [2.75, 3.05) is 0 Å². The zero-order chi connectivity index (χ0) is 8.48. The zero-order valence-corrected chi connectivity index (χ0v) is 5.43. The molecule has 2 N–H and O–H groups in total.